The van der Waals surface area contributed by atoms with Gasteiger partial charge in [0.2, 0.25) is 17.6 Å². The van der Waals surface area contributed by atoms with Gasteiger partial charge in [-0.2, -0.15) is 4.98 Å². The summed E-state index contributed by atoms with van der Waals surface area (Å²) >= 11 is 5.79. The van der Waals surface area contributed by atoms with E-state index >= 15 is 0 Å². The molecular weight excluding hydrogens is 399 g/mol. The van der Waals surface area contributed by atoms with Gasteiger partial charge in [-0.05, 0) is 18.2 Å². The first-order chi connectivity index (χ1) is 14.0. The van der Waals surface area contributed by atoms with Crippen molar-refractivity contribution in [2.24, 2.45) is 0 Å². The van der Waals surface area contributed by atoms with Crippen molar-refractivity contribution in [2.75, 3.05) is 13.1 Å². The molecule has 0 saturated carbocycles. The van der Waals surface area contributed by atoms with Gasteiger partial charge < -0.3 is 14.7 Å². The lowest BCUT2D eigenvalue weighted by Gasteiger charge is -2.34. The lowest BCUT2D eigenvalue weighted by atomic mass is 10.1. The predicted octanol–water partition coefficient (Wildman–Crippen LogP) is 2.71. The third-order valence-corrected chi connectivity index (χ3v) is 4.92. The number of piperazine rings is 1. The molecule has 3 aromatic rings. The van der Waals surface area contributed by atoms with Gasteiger partial charge in [-0.1, -0.05) is 47.1 Å². The third kappa shape index (κ3) is 3.97. The van der Waals surface area contributed by atoms with E-state index in [2.05, 4.69) is 15.5 Å². The molecule has 1 saturated heterocycles. The van der Waals surface area contributed by atoms with Crippen molar-refractivity contribution >= 4 is 23.4 Å². The molecule has 0 radical (unpaired) electrons. The van der Waals surface area contributed by atoms with Crippen molar-refractivity contribution < 1.29 is 18.5 Å². The number of aromatic nitrogens is 2. The zero-order valence-electron chi connectivity index (χ0n) is 15.1. The minimum atomic E-state index is -0.829. The Kier molecular flexibility index (Phi) is 5.26. The number of rotatable bonds is 4. The van der Waals surface area contributed by atoms with Crippen LogP contribution in [0, 0.1) is 5.82 Å². The van der Waals surface area contributed by atoms with E-state index in [1.54, 1.807) is 0 Å². The molecule has 1 aromatic heterocycles. The topological polar surface area (TPSA) is 88.3 Å². The number of hydrogen-bond donors (Lipinski definition) is 1. The van der Waals surface area contributed by atoms with Crippen LogP contribution in [0.4, 0.5) is 4.39 Å². The Balaban J connectivity index is 1.57. The van der Waals surface area contributed by atoms with Gasteiger partial charge in [0.05, 0.1) is 11.4 Å². The Hall–Kier alpha value is -3.26. The fourth-order valence-electron chi connectivity index (χ4n) is 3.16. The van der Waals surface area contributed by atoms with Gasteiger partial charge in [0, 0.05) is 24.2 Å². The third-order valence-electron chi connectivity index (χ3n) is 4.63. The highest BCUT2D eigenvalue weighted by molar-refractivity contribution is 6.31. The fourth-order valence-corrected chi connectivity index (χ4v) is 3.34. The number of carbonyl (C=O) groups excluding carboxylic acids is 2. The molecule has 1 aliphatic rings. The molecule has 1 unspecified atom stereocenters. The molecule has 2 aromatic carbocycles. The normalized spacial score (nSPS) is 16.6. The van der Waals surface area contributed by atoms with E-state index < -0.39 is 17.8 Å². The standard InChI is InChI=1S/C20H16ClFN4O3/c21-14-10-13(6-7-15(14)22)20(28)26-9-8-23-19(27)16(26)11-17-24-18(25-29-17)12-4-2-1-3-5-12/h1-7,10,16H,8-9,11H2,(H,23,27). The van der Waals surface area contributed by atoms with E-state index in [0.29, 0.717) is 18.9 Å². The second-order valence-corrected chi connectivity index (χ2v) is 6.92. The molecule has 2 amide bonds. The fraction of sp³-hybridized carbons (Fsp3) is 0.200. The Morgan fingerprint density at radius 2 is 2.07 bits per heavy atom. The van der Waals surface area contributed by atoms with Crippen molar-refractivity contribution in [3.8, 4) is 11.4 Å². The second-order valence-electron chi connectivity index (χ2n) is 6.52. The van der Waals surface area contributed by atoms with Crippen LogP contribution in [0.15, 0.2) is 53.1 Å². The molecule has 2 heterocycles. The minimum Gasteiger partial charge on any atom is -0.353 e. The van der Waals surface area contributed by atoms with E-state index in [1.807, 2.05) is 30.3 Å². The average molecular weight is 415 g/mol. The van der Waals surface area contributed by atoms with Crippen molar-refractivity contribution in [2.45, 2.75) is 12.5 Å². The van der Waals surface area contributed by atoms with Gasteiger partial charge in [-0.15, -0.1) is 0 Å². The van der Waals surface area contributed by atoms with Crippen molar-refractivity contribution in [1.29, 1.82) is 0 Å². The highest BCUT2D eigenvalue weighted by atomic mass is 35.5. The maximum atomic E-state index is 13.4. The van der Waals surface area contributed by atoms with Crippen LogP contribution in [0.2, 0.25) is 5.02 Å². The Bertz CT molecular complexity index is 1060. The molecule has 0 bridgehead atoms. The summed E-state index contributed by atoms with van der Waals surface area (Å²) in [5, 5.41) is 6.53. The van der Waals surface area contributed by atoms with Crippen molar-refractivity contribution in [3.63, 3.8) is 0 Å². The Labute approximate surface area is 170 Å². The van der Waals surface area contributed by atoms with Crippen LogP contribution in [-0.2, 0) is 11.2 Å². The SMILES string of the molecule is O=C1NCCN(C(=O)c2ccc(F)c(Cl)c2)C1Cc1nc(-c2ccccc2)no1. The summed E-state index contributed by atoms with van der Waals surface area (Å²) in [4.78, 5) is 31.1. The number of carbonyl (C=O) groups is 2. The molecular formula is C20H16ClFN4O3. The van der Waals surface area contributed by atoms with Gasteiger partial charge >= 0.3 is 0 Å². The average Bonchev–Trinajstić information content (AvgIpc) is 3.20. The summed E-state index contributed by atoms with van der Waals surface area (Å²) in [6.45, 7) is 0.610. The van der Waals surface area contributed by atoms with Gasteiger partial charge in [0.1, 0.15) is 11.9 Å². The van der Waals surface area contributed by atoms with Crippen LogP contribution < -0.4 is 5.32 Å². The molecule has 4 rings (SSSR count). The number of benzene rings is 2. The number of nitrogens with zero attached hydrogens (tertiary/aromatic N) is 3. The molecule has 1 aliphatic heterocycles. The highest BCUT2D eigenvalue weighted by Gasteiger charge is 2.35. The first kappa shape index (κ1) is 19.1. The zero-order chi connectivity index (χ0) is 20.4. The summed E-state index contributed by atoms with van der Waals surface area (Å²) in [6, 6.07) is 12.2. The van der Waals surface area contributed by atoms with Gasteiger partial charge in [0.15, 0.2) is 0 Å². The Morgan fingerprint density at radius 3 is 2.83 bits per heavy atom. The number of hydrogen-bond acceptors (Lipinski definition) is 5. The summed E-state index contributed by atoms with van der Waals surface area (Å²) < 4.78 is 18.7. The number of nitrogens with one attached hydrogen (secondary N) is 1. The lowest BCUT2D eigenvalue weighted by Crippen LogP contribution is -2.58. The summed E-state index contributed by atoms with van der Waals surface area (Å²) in [5.41, 5.74) is 0.982. The van der Waals surface area contributed by atoms with Gasteiger partial charge in [-0.25, -0.2) is 4.39 Å². The first-order valence-electron chi connectivity index (χ1n) is 8.94. The summed E-state index contributed by atoms with van der Waals surface area (Å²) in [6.07, 6.45) is 0.0618. The predicted molar refractivity (Wildman–Crippen MR) is 103 cm³/mol. The molecule has 0 aliphatic carbocycles. The number of halogens is 2. The maximum Gasteiger partial charge on any atom is 0.254 e. The summed E-state index contributed by atoms with van der Waals surface area (Å²) in [7, 11) is 0. The Morgan fingerprint density at radius 1 is 1.28 bits per heavy atom. The molecule has 9 heteroatoms. The lowest BCUT2D eigenvalue weighted by molar-refractivity contribution is -0.127. The van der Waals surface area contributed by atoms with Crippen molar-refractivity contribution in [1.82, 2.24) is 20.4 Å². The molecule has 1 fully saturated rings. The molecule has 1 atom stereocenters. The van der Waals surface area contributed by atoms with E-state index in [1.165, 1.54) is 17.0 Å². The van der Waals surface area contributed by atoms with Crippen LogP contribution in [0.1, 0.15) is 16.2 Å². The van der Waals surface area contributed by atoms with Crippen LogP contribution in [0.3, 0.4) is 0 Å². The second kappa shape index (κ2) is 8.00. The molecule has 29 heavy (non-hydrogen) atoms. The van der Waals surface area contributed by atoms with E-state index in [9.17, 15) is 14.0 Å². The number of amides is 2. The highest BCUT2D eigenvalue weighted by Crippen LogP contribution is 2.21. The summed E-state index contributed by atoms with van der Waals surface area (Å²) in [5.74, 6) is -0.719. The van der Waals surface area contributed by atoms with E-state index in [-0.39, 0.29) is 28.8 Å². The molecule has 1 N–H and O–H groups in total. The van der Waals surface area contributed by atoms with Crippen molar-refractivity contribution in [3.05, 3.63) is 70.8 Å². The van der Waals surface area contributed by atoms with Gasteiger partial charge in [-0.3, -0.25) is 9.59 Å². The van der Waals surface area contributed by atoms with Crippen LogP contribution in [0.5, 0.6) is 0 Å². The van der Waals surface area contributed by atoms with Crippen LogP contribution in [0.25, 0.3) is 11.4 Å². The van der Waals surface area contributed by atoms with Crippen LogP contribution in [-0.4, -0.2) is 46.0 Å². The smallest absolute Gasteiger partial charge is 0.254 e. The minimum absolute atomic E-state index is 0.0618. The monoisotopic (exact) mass is 414 g/mol. The quantitative estimate of drug-likeness (QED) is 0.709. The van der Waals surface area contributed by atoms with Gasteiger partial charge in [0.25, 0.3) is 5.91 Å². The molecule has 7 nitrogen and oxygen atoms in total. The van der Waals surface area contributed by atoms with Crippen LogP contribution >= 0.6 is 11.6 Å². The zero-order valence-corrected chi connectivity index (χ0v) is 15.9. The molecule has 148 valence electrons. The first-order valence-corrected chi connectivity index (χ1v) is 9.32. The van der Waals surface area contributed by atoms with E-state index in [0.717, 1.165) is 11.6 Å². The maximum absolute atomic E-state index is 13.4. The molecule has 0 spiro atoms. The largest absolute Gasteiger partial charge is 0.353 e. The van der Waals surface area contributed by atoms with E-state index in [4.69, 9.17) is 16.1 Å².